The largest absolute Gasteiger partial charge is 0.304 e. The molecule has 1 atom stereocenters. The van der Waals surface area contributed by atoms with Crippen LogP contribution >= 0.6 is 23.2 Å². The maximum absolute atomic E-state index is 6.46. The zero-order valence-corrected chi connectivity index (χ0v) is 13.0. The molecule has 0 saturated carbocycles. The summed E-state index contributed by atoms with van der Waals surface area (Å²) in [6, 6.07) is 9.95. The first kappa shape index (κ1) is 16.3. The van der Waals surface area contributed by atoms with Gasteiger partial charge in [-0.2, -0.15) is 0 Å². The lowest BCUT2D eigenvalue weighted by Gasteiger charge is -2.31. The molecular weight excluding hydrogens is 277 g/mol. The monoisotopic (exact) mass is 297 g/mol. The predicted octanol–water partition coefficient (Wildman–Crippen LogP) is 4.67. The van der Waals surface area contributed by atoms with Gasteiger partial charge >= 0.3 is 0 Å². The number of nitrogens with one attached hydrogen (secondary N) is 1. The Hall–Kier alpha value is -0.760. The third-order valence-corrected chi connectivity index (χ3v) is 4.29. The molecule has 0 aliphatic rings. The minimum atomic E-state index is -0.853. The first-order valence-electron chi connectivity index (χ1n) is 6.43. The second-order valence-electron chi connectivity index (χ2n) is 4.77. The molecule has 1 aromatic rings. The fourth-order valence-corrected chi connectivity index (χ4v) is 1.97. The highest BCUT2D eigenvalue weighted by atomic mass is 35.5. The van der Waals surface area contributed by atoms with Crippen molar-refractivity contribution in [2.24, 2.45) is 5.92 Å². The lowest BCUT2D eigenvalue weighted by Crippen LogP contribution is -2.45. The Labute approximate surface area is 126 Å². The third-order valence-electron chi connectivity index (χ3n) is 2.95. The lowest BCUT2D eigenvalue weighted by atomic mass is 10.0. The van der Waals surface area contributed by atoms with Gasteiger partial charge in [-0.25, -0.2) is 0 Å². The van der Waals surface area contributed by atoms with E-state index < -0.39 is 4.33 Å². The summed E-state index contributed by atoms with van der Waals surface area (Å²) in [5.41, 5.74) is 1.13. The topological polar surface area (TPSA) is 12.0 Å². The lowest BCUT2D eigenvalue weighted by molar-refractivity contribution is 0.456. The quantitative estimate of drug-likeness (QED) is 0.569. The van der Waals surface area contributed by atoms with Crippen molar-refractivity contribution in [2.75, 3.05) is 6.54 Å². The van der Waals surface area contributed by atoms with Gasteiger partial charge in [-0.15, -0.1) is 6.58 Å². The van der Waals surface area contributed by atoms with Gasteiger partial charge in [-0.1, -0.05) is 85.6 Å². The van der Waals surface area contributed by atoms with E-state index in [1.165, 1.54) is 0 Å². The van der Waals surface area contributed by atoms with Gasteiger partial charge in [-0.05, 0) is 11.5 Å². The fourth-order valence-electron chi connectivity index (χ4n) is 1.67. The van der Waals surface area contributed by atoms with Crippen LogP contribution in [0, 0.1) is 5.92 Å². The van der Waals surface area contributed by atoms with Crippen molar-refractivity contribution in [1.29, 1.82) is 0 Å². The number of hydrogen-bond donors (Lipinski definition) is 1. The van der Waals surface area contributed by atoms with Crippen molar-refractivity contribution < 1.29 is 0 Å². The van der Waals surface area contributed by atoms with E-state index in [0.717, 1.165) is 5.56 Å². The zero-order valence-electron chi connectivity index (χ0n) is 11.4. The van der Waals surface area contributed by atoms with Crippen LogP contribution in [0.15, 0.2) is 49.1 Å². The Balaban J connectivity index is 2.86. The molecule has 0 radical (unpaired) electrons. The second kappa shape index (κ2) is 7.74. The van der Waals surface area contributed by atoms with E-state index in [4.69, 9.17) is 23.2 Å². The number of benzene rings is 1. The molecule has 19 heavy (non-hydrogen) atoms. The molecule has 0 aromatic heterocycles. The molecule has 0 bridgehead atoms. The highest BCUT2D eigenvalue weighted by Crippen LogP contribution is 2.34. The smallest absolute Gasteiger partial charge is 0.139 e. The highest BCUT2D eigenvalue weighted by Gasteiger charge is 2.36. The molecule has 0 aliphatic heterocycles. The van der Waals surface area contributed by atoms with Crippen LogP contribution in [-0.4, -0.2) is 16.9 Å². The summed E-state index contributed by atoms with van der Waals surface area (Å²) in [6.45, 7) is 8.40. The Bertz CT molecular complexity index is 410. The minimum absolute atomic E-state index is 0.131. The van der Waals surface area contributed by atoms with Gasteiger partial charge in [0.15, 0.2) is 0 Å². The number of hydrogen-bond acceptors (Lipinski definition) is 1. The van der Waals surface area contributed by atoms with Crippen molar-refractivity contribution in [1.82, 2.24) is 5.32 Å². The molecule has 0 heterocycles. The van der Waals surface area contributed by atoms with Crippen molar-refractivity contribution >= 4 is 29.3 Å². The standard InChI is InChI=1S/C16H21Cl2N/c1-4-12-19-15(16(17,18)13(2)3)11-10-14-8-6-5-7-9-14/h4-11,13,15,19H,1,12H2,2-3H3/b11-10+. The van der Waals surface area contributed by atoms with Gasteiger partial charge < -0.3 is 5.32 Å². The third kappa shape index (κ3) is 5.02. The predicted molar refractivity (Wildman–Crippen MR) is 86.7 cm³/mol. The average Bonchev–Trinajstić information content (AvgIpc) is 2.39. The van der Waals surface area contributed by atoms with Crippen LogP contribution in [-0.2, 0) is 0 Å². The summed E-state index contributed by atoms with van der Waals surface area (Å²) in [7, 11) is 0. The minimum Gasteiger partial charge on any atom is -0.304 e. The summed E-state index contributed by atoms with van der Waals surface area (Å²) in [6.07, 6.45) is 5.84. The van der Waals surface area contributed by atoms with Gasteiger partial charge in [-0.3, -0.25) is 0 Å². The molecule has 104 valence electrons. The van der Waals surface area contributed by atoms with Gasteiger partial charge in [0.25, 0.3) is 0 Å². The average molecular weight is 298 g/mol. The molecule has 1 aromatic carbocycles. The molecule has 0 amide bonds. The Morgan fingerprint density at radius 1 is 1.26 bits per heavy atom. The normalized spacial score (nSPS) is 13.9. The van der Waals surface area contributed by atoms with Gasteiger partial charge in [0.1, 0.15) is 4.33 Å². The highest BCUT2D eigenvalue weighted by molar-refractivity contribution is 6.49. The molecule has 0 fully saturated rings. The van der Waals surface area contributed by atoms with Gasteiger partial charge in [0.05, 0.1) is 6.04 Å². The van der Waals surface area contributed by atoms with Gasteiger partial charge in [0, 0.05) is 6.54 Å². The van der Waals surface area contributed by atoms with E-state index in [-0.39, 0.29) is 12.0 Å². The van der Waals surface area contributed by atoms with Crippen LogP contribution in [0.2, 0.25) is 0 Å². The molecule has 1 rings (SSSR count). The number of halogens is 2. The molecule has 1 unspecified atom stereocenters. The van der Waals surface area contributed by atoms with E-state index in [1.54, 1.807) is 6.08 Å². The second-order valence-corrected chi connectivity index (χ2v) is 6.22. The van der Waals surface area contributed by atoms with Crippen LogP contribution < -0.4 is 5.32 Å². The molecule has 0 spiro atoms. The molecule has 0 aliphatic carbocycles. The van der Waals surface area contributed by atoms with Crippen molar-refractivity contribution in [3.05, 3.63) is 54.6 Å². The fraction of sp³-hybridized carbons (Fsp3) is 0.375. The van der Waals surface area contributed by atoms with E-state index >= 15 is 0 Å². The first-order chi connectivity index (χ1) is 8.98. The number of alkyl halides is 2. The Morgan fingerprint density at radius 2 is 1.89 bits per heavy atom. The van der Waals surface area contributed by atoms with E-state index in [2.05, 4.69) is 11.9 Å². The summed E-state index contributed by atoms with van der Waals surface area (Å²) in [5.74, 6) is 0.138. The molecule has 1 N–H and O–H groups in total. The van der Waals surface area contributed by atoms with Crippen molar-refractivity contribution in [3.8, 4) is 0 Å². The maximum Gasteiger partial charge on any atom is 0.139 e. The van der Waals surface area contributed by atoms with Crippen LogP contribution in [0.3, 0.4) is 0 Å². The summed E-state index contributed by atoms with van der Waals surface area (Å²) in [4.78, 5) is 0. The van der Waals surface area contributed by atoms with E-state index in [9.17, 15) is 0 Å². The van der Waals surface area contributed by atoms with Crippen molar-refractivity contribution in [2.45, 2.75) is 24.2 Å². The van der Waals surface area contributed by atoms with Crippen LogP contribution in [0.1, 0.15) is 19.4 Å². The number of rotatable bonds is 7. The molecule has 3 heteroatoms. The molecule has 1 nitrogen and oxygen atoms in total. The van der Waals surface area contributed by atoms with E-state index in [0.29, 0.717) is 6.54 Å². The molecule has 0 saturated heterocycles. The SMILES string of the molecule is C=CCNC(/C=C/c1ccccc1)C(Cl)(Cl)C(C)C. The molecular formula is C16H21Cl2N. The summed E-state index contributed by atoms with van der Waals surface area (Å²) in [5, 5.41) is 3.29. The Kier molecular flexibility index (Phi) is 6.64. The van der Waals surface area contributed by atoms with Crippen LogP contribution in [0.4, 0.5) is 0 Å². The first-order valence-corrected chi connectivity index (χ1v) is 7.19. The zero-order chi connectivity index (χ0) is 14.3. The van der Waals surface area contributed by atoms with Gasteiger partial charge in [0.2, 0.25) is 0 Å². The van der Waals surface area contributed by atoms with Crippen LogP contribution in [0.5, 0.6) is 0 Å². The van der Waals surface area contributed by atoms with E-state index in [1.807, 2.05) is 56.3 Å². The van der Waals surface area contributed by atoms with Crippen LogP contribution in [0.25, 0.3) is 6.08 Å². The summed E-state index contributed by atoms with van der Waals surface area (Å²) >= 11 is 12.9. The summed E-state index contributed by atoms with van der Waals surface area (Å²) < 4.78 is -0.853. The Morgan fingerprint density at radius 3 is 2.42 bits per heavy atom. The maximum atomic E-state index is 6.46. The van der Waals surface area contributed by atoms with Crippen molar-refractivity contribution in [3.63, 3.8) is 0 Å².